The maximum absolute atomic E-state index is 9.10. The van der Waals surface area contributed by atoms with Gasteiger partial charge in [0.25, 0.3) is 0 Å². The predicted molar refractivity (Wildman–Crippen MR) is 135 cm³/mol. The molecular formula is C26H24ClN7. The molecule has 2 aromatic heterocycles. The minimum Gasteiger partial charge on any atom is -0.369 e. The summed E-state index contributed by atoms with van der Waals surface area (Å²) in [5.41, 5.74) is 4.21. The number of anilines is 3. The van der Waals surface area contributed by atoms with E-state index in [4.69, 9.17) is 21.8 Å². The number of hydrogen-bond acceptors (Lipinski definition) is 7. The van der Waals surface area contributed by atoms with Crippen LogP contribution in [0, 0.1) is 11.3 Å². The van der Waals surface area contributed by atoms with Gasteiger partial charge in [-0.3, -0.25) is 0 Å². The number of nitriles is 1. The van der Waals surface area contributed by atoms with Gasteiger partial charge in [-0.2, -0.15) is 5.26 Å². The standard InChI is InChI=1S/C26H24ClN7/c1-32-10-12-33(13-11-32)22-5-3-6-23(14-22)34(18-19-8-9-21(15-28)29-16-19)26-30-17-20-4-2-7-24(27)25(20)31-26/h2-9,14,16-17H,10-13,18H2,1H3. The number of hydrogen-bond donors (Lipinski definition) is 0. The Labute approximate surface area is 203 Å². The largest absolute Gasteiger partial charge is 0.369 e. The zero-order chi connectivity index (χ0) is 23.5. The average molecular weight is 470 g/mol. The SMILES string of the molecule is CN1CCN(c2cccc(N(Cc3ccc(C#N)nc3)c3ncc4cccc(Cl)c4n3)c2)CC1. The van der Waals surface area contributed by atoms with E-state index in [1.807, 2.05) is 24.3 Å². The highest BCUT2D eigenvalue weighted by atomic mass is 35.5. The van der Waals surface area contributed by atoms with Crippen LogP contribution in [0.5, 0.6) is 0 Å². The van der Waals surface area contributed by atoms with E-state index < -0.39 is 0 Å². The van der Waals surface area contributed by atoms with Gasteiger partial charge < -0.3 is 14.7 Å². The Kier molecular flexibility index (Phi) is 6.26. The summed E-state index contributed by atoms with van der Waals surface area (Å²) in [5, 5.41) is 10.6. The zero-order valence-electron chi connectivity index (χ0n) is 18.9. The molecule has 8 heteroatoms. The van der Waals surface area contributed by atoms with Crippen molar-refractivity contribution in [2.45, 2.75) is 6.54 Å². The first-order chi connectivity index (χ1) is 16.6. The Bertz CT molecular complexity index is 1340. The van der Waals surface area contributed by atoms with Gasteiger partial charge >= 0.3 is 0 Å². The van der Waals surface area contributed by atoms with Crippen molar-refractivity contribution in [1.82, 2.24) is 19.9 Å². The second kappa shape index (κ2) is 9.64. The molecule has 0 radical (unpaired) electrons. The van der Waals surface area contributed by atoms with E-state index in [0.717, 1.165) is 42.8 Å². The van der Waals surface area contributed by atoms with Gasteiger partial charge in [0.05, 0.1) is 17.1 Å². The highest BCUT2D eigenvalue weighted by Crippen LogP contribution is 2.31. The second-order valence-corrected chi connectivity index (χ2v) is 8.81. The van der Waals surface area contributed by atoms with Crippen molar-refractivity contribution in [3.63, 3.8) is 0 Å². The van der Waals surface area contributed by atoms with Crippen LogP contribution in [-0.2, 0) is 6.54 Å². The lowest BCUT2D eigenvalue weighted by atomic mass is 10.2. The molecule has 5 rings (SSSR count). The van der Waals surface area contributed by atoms with Crippen LogP contribution in [0.2, 0.25) is 5.02 Å². The average Bonchev–Trinajstić information content (AvgIpc) is 2.88. The quantitative estimate of drug-likeness (QED) is 0.421. The Morgan fingerprint density at radius 3 is 2.59 bits per heavy atom. The summed E-state index contributed by atoms with van der Waals surface area (Å²) >= 11 is 6.45. The third-order valence-electron chi connectivity index (χ3n) is 6.08. The number of fused-ring (bicyclic) bond motifs is 1. The van der Waals surface area contributed by atoms with E-state index >= 15 is 0 Å². The van der Waals surface area contributed by atoms with Gasteiger partial charge in [-0.05, 0) is 42.9 Å². The fourth-order valence-electron chi connectivity index (χ4n) is 4.11. The fraction of sp³-hybridized carbons (Fsp3) is 0.231. The van der Waals surface area contributed by atoms with Crippen molar-refractivity contribution in [3.05, 3.63) is 83.3 Å². The van der Waals surface area contributed by atoms with Crippen LogP contribution in [0.4, 0.5) is 17.3 Å². The number of piperazine rings is 1. The van der Waals surface area contributed by atoms with Crippen LogP contribution in [0.25, 0.3) is 10.9 Å². The molecule has 1 saturated heterocycles. The molecule has 3 heterocycles. The first-order valence-electron chi connectivity index (χ1n) is 11.2. The predicted octanol–water partition coefficient (Wildman–Crippen LogP) is 4.64. The molecule has 170 valence electrons. The van der Waals surface area contributed by atoms with E-state index in [1.165, 1.54) is 5.69 Å². The van der Waals surface area contributed by atoms with Crippen molar-refractivity contribution in [3.8, 4) is 6.07 Å². The second-order valence-electron chi connectivity index (χ2n) is 8.41. The molecule has 0 N–H and O–H groups in total. The Hall–Kier alpha value is -3.73. The van der Waals surface area contributed by atoms with Crippen LogP contribution < -0.4 is 9.80 Å². The summed E-state index contributed by atoms with van der Waals surface area (Å²) in [4.78, 5) is 20.5. The molecule has 1 aliphatic rings. The lowest BCUT2D eigenvalue weighted by Crippen LogP contribution is -2.44. The first-order valence-corrected chi connectivity index (χ1v) is 11.6. The highest BCUT2D eigenvalue weighted by molar-refractivity contribution is 6.35. The third-order valence-corrected chi connectivity index (χ3v) is 6.39. The molecule has 0 spiro atoms. The van der Waals surface area contributed by atoms with Gasteiger partial charge in [0.2, 0.25) is 5.95 Å². The van der Waals surface area contributed by atoms with Gasteiger partial charge in [-0.15, -0.1) is 0 Å². The Balaban J connectivity index is 1.55. The number of para-hydroxylation sites is 1. The Morgan fingerprint density at radius 2 is 1.82 bits per heavy atom. The molecular weight excluding hydrogens is 446 g/mol. The van der Waals surface area contributed by atoms with E-state index in [1.54, 1.807) is 18.5 Å². The van der Waals surface area contributed by atoms with Crippen molar-refractivity contribution in [2.75, 3.05) is 43.0 Å². The molecule has 0 bridgehead atoms. The topological polar surface area (TPSA) is 72.2 Å². The van der Waals surface area contributed by atoms with Crippen LogP contribution >= 0.6 is 11.6 Å². The maximum atomic E-state index is 9.10. The van der Waals surface area contributed by atoms with E-state index in [0.29, 0.717) is 28.7 Å². The van der Waals surface area contributed by atoms with Crippen LogP contribution in [0.3, 0.4) is 0 Å². The molecule has 7 nitrogen and oxygen atoms in total. The molecule has 1 fully saturated rings. The smallest absolute Gasteiger partial charge is 0.230 e. The molecule has 0 aliphatic carbocycles. The van der Waals surface area contributed by atoms with Gasteiger partial charge in [0.1, 0.15) is 11.8 Å². The molecule has 4 aromatic rings. The molecule has 2 aromatic carbocycles. The number of likely N-dealkylation sites (N-methyl/N-ethyl adjacent to an activating group) is 1. The van der Waals surface area contributed by atoms with Gasteiger partial charge in [-0.1, -0.05) is 35.9 Å². The Morgan fingerprint density at radius 1 is 1.00 bits per heavy atom. The lowest BCUT2D eigenvalue weighted by Gasteiger charge is -2.34. The normalized spacial score (nSPS) is 14.2. The molecule has 0 amide bonds. The zero-order valence-corrected chi connectivity index (χ0v) is 19.7. The number of benzene rings is 2. The molecule has 0 atom stereocenters. The minimum atomic E-state index is 0.390. The number of pyridine rings is 1. The van der Waals surface area contributed by atoms with Crippen molar-refractivity contribution in [2.24, 2.45) is 0 Å². The van der Waals surface area contributed by atoms with Crippen molar-refractivity contribution in [1.29, 1.82) is 5.26 Å². The van der Waals surface area contributed by atoms with Gasteiger partial charge in [-0.25, -0.2) is 15.0 Å². The molecule has 1 aliphatic heterocycles. The summed E-state index contributed by atoms with van der Waals surface area (Å²) in [5.74, 6) is 0.556. The summed E-state index contributed by atoms with van der Waals surface area (Å²) in [6, 6.07) is 19.9. The maximum Gasteiger partial charge on any atom is 0.230 e. The van der Waals surface area contributed by atoms with Gasteiger partial charge in [0, 0.05) is 55.3 Å². The fourth-order valence-corrected chi connectivity index (χ4v) is 4.33. The number of rotatable bonds is 5. The summed E-state index contributed by atoms with van der Waals surface area (Å²) in [6.07, 6.45) is 3.53. The summed E-state index contributed by atoms with van der Waals surface area (Å²) < 4.78 is 0. The molecule has 0 saturated carbocycles. The minimum absolute atomic E-state index is 0.390. The highest BCUT2D eigenvalue weighted by Gasteiger charge is 2.19. The van der Waals surface area contributed by atoms with E-state index in [9.17, 15) is 0 Å². The van der Waals surface area contributed by atoms with E-state index in [2.05, 4.69) is 62.1 Å². The van der Waals surface area contributed by atoms with Crippen molar-refractivity contribution >= 4 is 39.8 Å². The summed E-state index contributed by atoms with van der Waals surface area (Å²) in [7, 11) is 2.16. The number of halogens is 1. The van der Waals surface area contributed by atoms with Crippen LogP contribution in [-0.4, -0.2) is 53.1 Å². The number of nitrogens with zero attached hydrogens (tertiary/aromatic N) is 7. The number of aromatic nitrogens is 3. The van der Waals surface area contributed by atoms with E-state index in [-0.39, 0.29) is 0 Å². The summed E-state index contributed by atoms with van der Waals surface area (Å²) in [6.45, 7) is 4.55. The van der Waals surface area contributed by atoms with Crippen molar-refractivity contribution < 1.29 is 0 Å². The van der Waals surface area contributed by atoms with Crippen LogP contribution in [0.1, 0.15) is 11.3 Å². The van der Waals surface area contributed by atoms with Gasteiger partial charge in [0.15, 0.2) is 0 Å². The first kappa shape index (κ1) is 22.1. The molecule has 34 heavy (non-hydrogen) atoms. The molecule has 0 unspecified atom stereocenters. The lowest BCUT2D eigenvalue weighted by molar-refractivity contribution is 0.313. The monoisotopic (exact) mass is 469 g/mol. The van der Waals surface area contributed by atoms with Crippen LogP contribution in [0.15, 0.2) is 67.0 Å². The third kappa shape index (κ3) is 4.65.